The molecule has 29 heavy (non-hydrogen) atoms. The van der Waals surface area contributed by atoms with Crippen LogP contribution < -0.4 is 4.72 Å². The second-order valence-corrected chi connectivity index (χ2v) is 9.23. The van der Waals surface area contributed by atoms with Crippen LogP contribution in [0.25, 0.3) is 11.1 Å². The van der Waals surface area contributed by atoms with Crippen LogP contribution in [0.5, 0.6) is 0 Å². The maximum Gasteiger partial charge on any atom is 0.121 e. The molecular formula is C24H21Cl2NOS. The van der Waals surface area contributed by atoms with Crippen LogP contribution in [0, 0.1) is 0 Å². The first-order chi connectivity index (χ1) is 13.9. The normalized spacial score (nSPS) is 13.9. The van der Waals surface area contributed by atoms with Gasteiger partial charge in [0.15, 0.2) is 0 Å². The van der Waals surface area contributed by atoms with Gasteiger partial charge >= 0.3 is 0 Å². The summed E-state index contributed by atoms with van der Waals surface area (Å²) in [6.07, 6.45) is 3.45. The highest BCUT2D eigenvalue weighted by Gasteiger charge is 2.21. The molecule has 1 aliphatic rings. The summed E-state index contributed by atoms with van der Waals surface area (Å²) < 4.78 is 14.6. The Morgan fingerprint density at radius 2 is 1.48 bits per heavy atom. The van der Waals surface area contributed by atoms with Gasteiger partial charge in [0.2, 0.25) is 0 Å². The minimum Gasteiger partial charge on any atom is -0.593 e. The van der Waals surface area contributed by atoms with Crippen molar-refractivity contribution in [3.63, 3.8) is 0 Å². The average molecular weight is 442 g/mol. The quantitative estimate of drug-likeness (QED) is 0.454. The molecule has 1 atom stereocenters. The first-order valence-corrected chi connectivity index (χ1v) is 11.7. The number of anilines is 1. The zero-order valence-electron chi connectivity index (χ0n) is 16.3. The van der Waals surface area contributed by atoms with Crippen LogP contribution in [0.15, 0.2) is 60.7 Å². The van der Waals surface area contributed by atoms with Gasteiger partial charge in [0, 0.05) is 10.0 Å². The molecule has 2 nitrogen and oxygen atoms in total. The standard InChI is InChI=1S/C24H21Cl2NOS/c1-15(16-4-3-5-21(14-16)27-29(2)28)24-22-10-8-19(25)12-17(22)6-7-18-13-20(26)9-11-23(18)24/h3-5,8-14,27H,6-7H2,1-2H3. The molecule has 1 aliphatic carbocycles. The summed E-state index contributed by atoms with van der Waals surface area (Å²) in [5, 5.41) is 1.50. The van der Waals surface area contributed by atoms with Gasteiger partial charge in [-0.25, -0.2) is 4.72 Å². The number of nitrogens with one attached hydrogen (secondary N) is 1. The van der Waals surface area contributed by atoms with Crippen LogP contribution in [0.3, 0.4) is 0 Å². The second kappa shape index (κ2) is 8.45. The summed E-state index contributed by atoms with van der Waals surface area (Å²) in [5.74, 6) is 0. The van der Waals surface area contributed by atoms with Crippen molar-refractivity contribution in [2.24, 2.45) is 0 Å². The highest BCUT2D eigenvalue weighted by Crippen LogP contribution is 2.40. The monoisotopic (exact) mass is 441 g/mol. The van der Waals surface area contributed by atoms with E-state index in [0.717, 1.165) is 39.7 Å². The molecule has 0 saturated heterocycles. The summed E-state index contributed by atoms with van der Waals surface area (Å²) in [6.45, 7) is 2.14. The van der Waals surface area contributed by atoms with Crippen LogP contribution in [0.4, 0.5) is 5.69 Å². The number of fused-ring (bicyclic) bond motifs is 2. The molecule has 3 aromatic carbocycles. The Bertz CT molecular complexity index is 1050. The van der Waals surface area contributed by atoms with Gasteiger partial charge in [-0.15, -0.1) is 0 Å². The maximum absolute atomic E-state index is 11.6. The fourth-order valence-corrected chi connectivity index (χ4v) is 4.82. The third-order valence-corrected chi connectivity index (χ3v) is 6.26. The van der Waals surface area contributed by atoms with Crippen molar-refractivity contribution < 1.29 is 4.55 Å². The molecule has 1 unspecified atom stereocenters. The van der Waals surface area contributed by atoms with Gasteiger partial charge in [0.1, 0.15) is 6.26 Å². The summed E-state index contributed by atoms with van der Waals surface area (Å²) in [7, 11) is 0. The van der Waals surface area contributed by atoms with Crippen LogP contribution >= 0.6 is 23.2 Å². The topological polar surface area (TPSA) is 35.1 Å². The van der Waals surface area contributed by atoms with Crippen molar-refractivity contribution in [3.05, 3.63) is 98.5 Å². The number of allylic oxidation sites excluding steroid dienone is 1. The van der Waals surface area contributed by atoms with Crippen LogP contribution in [0.2, 0.25) is 10.0 Å². The van der Waals surface area contributed by atoms with Crippen molar-refractivity contribution >= 4 is 51.4 Å². The van der Waals surface area contributed by atoms with Gasteiger partial charge in [-0.3, -0.25) is 0 Å². The first kappa shape index (κ1) is 20.4. The molecule has 148 valence electrons. The predicted molar refractivity (Wildman–Crippen MR) is 126 cm³/mol. The van der Waals surface area contributed by atoms with Crippen molar-refractivity contribution in [1.29, 1.82) is 0 Å². The summed E-state index contributed by atoms with van der Waals surface area (Å²) >= 11 is 11.5. The zero-order chi connectivity index (χ0) is 20.5. The zero-order valence-corrected chi connectivity index (χ0v) is 18.6. The number of hydrogen-bond donors (Lipinski definition) is 1. The van der Waals surface area contributed by atoms with Crippen molar-refractivity contribution in [2.45, 2.75) is 19.8 Å². The maximum atomic E-state index is 11.6. The van der Waals surface area contributed by atoms with Gasteiger partial charge in [-0.05, 0) is 95.1 Å². The Hall–Kier alpha value is -1.91. The van der Waals surface area contributed by atoms with E-state index in [4.69, 9.17) is 23.2 Å². The van der Waals surface area contributed by atoms with Gasteiger partial charge in [0.25, 0.3) is 0 Å². The van der Waals surface area contributed by atoms with Crippen molar-refractivity contribution in [2.75, 3.05) is 11.0 Å². The molecule has 5 heteroatoms. The van der Waals surface area contributed by atoms with E-state index in [1.165, 1.54) is 27.8 Å². The lowest BCUT2D eigenvalue weighted by Crippen LogP contribution is -2.09. The van der Waals surface area contributed by atoms with Crippen molar-refractivity contribution in [3.8, 4) is 0 Å². The molecule has 0 radical (unpaired) electrons. The third kappa shape index (κ3) is 4.34. The van der Waals surface area contributed by atoms with Gasteiger partial charge in [-0.2, -0.15) is 0 Å². The van der Waals surface area contributed by atoms with Crippen LogP contribution in [-0.2, 0) is 24.2 Å². The highest BCUT2D eigenvalue weighted by atomic mass is 35.5. The van der Waals surface area contributed by atoms with E-state index in [1.807, 2.05) is 30.3 Å². The SMILES string of the molecule is CC(=C1c2ccc(Cl)cc2CCc2cc(Cl)ccc21)c1cccc(N[S+](C)[O-])c1. The average Bonchev–Trinajstić information content (AvgIpc) is 2.83. The highest BCUT2D eigenvalue weighted by molar-refractivity contribution is 7.92. The van der Waals surface area contributed by atoms with Gasteiger partial charge in [0.05, 0.1) is 17.0 Å². The largest absolute Gasteiger partial charge is 0.593 e. The molecule has 3 aromatic rings. The molecule has 0 aliphatic heterocycles. The number of halogens is 2. The number of hydrogen-bond acceptors (Lipinski definition) is 2. The molecule has 0 aromatic heterocycles. The van der Waals surface area contributed by atoms with E-state index in [9.17, 15) is 4.55 Å². The van der Waals surface area contributed by atoms with Crippen LogP contribution in [0.1, 0.15) is 34.7 Å². The van der Waals surface area contributed by atoms with E-state index in [0.29, 0.717) is 0 Å². The fraction of sp³-hybridized carbons (Fsp3) is 0.167. The second-order valence-electron chi connectivity index (χ2n) is 7.24. The van der Waals surface area contributed by atoms with Crippen molar-refractivity contribution in [1.82, 2.24) is 0 Å². The van der Waals surface area contributed by atoms with E-state index in [-0.39, 0.29) is 0 Å². The number of benzene rings is 3. The molecule has 1 N–H and O–H groups in total. The lowest BCUT2D eigenvalue weighted by Gasteiger charge is -2.17. The Balaban J connectivity index is 1.96. The summed E-state index contributed by atoms with van der Waals surface area (Å²) in [4.78, 5) is 0. The molecule has 0 bridgehead atoms. The molecule has 4 rings (SSSR count). The smallest absolute Gasteiger partial charge is 0.121 e. The van der Waals surface area contributed by atoms with E-state index >= 15 is 0 Å². The van der Waals surface area contributed by atoms with E-state index < -0.39 is 11.4 Å². The van der Waals surface area contributed by atoms with Gasteiger partial charge < -0.3 is 4.55 Å². The Morgan fingerprint density at radius 1 is 0.897 bits per heavy atom. The lowest BCUT2D eigenvalue weighted by molar-refractivity contribution is 0.605. The Kier molecular flexibility index (Phi) is 5.93. The van der Waals surface area contributed by atoms with E-state index in [1.54, 1.807) is 6.26 Å². The lowest BCUT2D eigenvalue weighted by atomic mass is 9.88. The third-order valence-electron chi connectivity index (χ3n) is 5.27. The molecule has 0 saturated carbocycles. The Morgan fingerprint density at radius 3 is 2.03 bits per heavy atom. The number of rotatable bonds is 3. The minimum absolute atomic E-state index is 0.751. The minimum atomic E-state index is -1.12. The fourth-order valence-electron chi connectivity index (χ4n) is 3.97. The van der Waals surface area contributed by atoms with Gasteiger partial charge in [-0.1, -0.05) is 47.5 Å². The first-order valence-electron chi connectivity index (χ1n) is 9.41. The van der Waals surface area contributed by atoms with E-state index in [2.05, 4.69) is 42.0 Å². The molecule has 0 heterocycles. The molecule has 0 amide bonds. The van der Waals surface area contributed by atoms with Crippen LogP contribution in [-0.4, -0.2) is 10.8 Å². The number of aryl methyl sites for hydroxylation is 2. The predicted octanol–water partition coefficient (Wildman–Crippen LogP) is 6.78. The molecular weight excluding hydrogens is 421 g/mol. The molecule has 0 spiro atoms. The summed E-state index contributed by atoms with van der Waals surface area (Å²) in [6, 6.07) is 20.3. The molecule has 0 fully saturated rings. The Labute approximate surface area is 184 Å². The summed E-state index contributed by atoms with van der Waals surface area (Å²) in [5.41, 5.74) is 9.14.